The smallest absolute Gasteiger partial charge is 0.364 e. The summed E-state index contributed by atoms with van der Waals surface area (Å²) in [5.41, 5.74) is 3.09. The van der Waals surface area contributed by atoms with E-state index in [0.29, 0.717) is 12.4 Å². The van der Waals surface area contributed by atoms with Crippen molar-refractivity contribution >= 4 is 5.91 Å². The number of hydrogen-bond acceptors (Lipinski definition) is 3. The van der Waals surface area contributed by atoms with E-state index in [2.05, 4.69) is 9.97 Å². The molecule has 1 amide bonds. The highest BCUT2D eigenvalue weighted by molar-refractivity contribution is 5.90. The summed E-state index contributed by atoms with van der Waals surface area (Å²) in [5, 5.41) is 0. The highest BCUT2D eigenvalue weighted by Crippen LogP contribution is 2.26. The van der Waals surface area contributed by atoms with E-state index in [0.717, 1.165) is 0 Å². The number of alkyl halides is 3. The number of nitrogens with two attached hydrogens (primary N) is 1. The van der Waals surface area contributed by atoms with Gasteiger partial charge in [-0.2, -0.15) is 13.2 Å². The number of primary amides is 1. The third-order valence-electron chi connectivity index (χ3n) is 1.21. The largest absolute Gasteiger partial charge is 0.433 e. The van der Waals surface area contributed by atoms with Crippen molar-refractivity contribution in [1.29, 1.82) is 0 Å². The molecule has 7 heteroatoms. The lowest BCUT2D eigenvalue weighted by Gasteiger charge is -2.04. The molecule has 0 aliphatic heterocycles. The van der Waals surface area contributed by atoms with Crippen LogP contribution in [0.15, 0.2) is 12.4 Å². The highest BCUT2D eigenvalue weighted by atomic mass is 19.4. The molecule has 0 bridgehead atoms. The van der Waals surface area contributed by atoms with E-state index in [4.69, 9.17) is 5.73 Å². The number of hydrogen-bond donors (Lipinski definition) is 1. The maximum Gasteiger partial charge on any atom is 0.433 e. The Hall–Kier alpha value is -1.66. The Bertz CT molecular complexity index is 336. The molecule has 0 saturated heterocycles. The summed E-state index contributed by atoms with van der Waals surface area (Å²) in [6, 6.07) is 0.502. The Morgan fingerprint density at radius 1 is 1.38 bits per heavy atom. The topological polar surface area (TPSA) is 68.9 Å². The van der Waals surface area contributed by atoms with Gasteiger partial charge in [0, 0.05) is 6.07 Å². The lowest BCUT2D eigenvalue weighted by molar-refractivity contribution is -0.141. The molecule has 0 unspecified atom stereocenters. The predicted molar refractivity (Wildman–Crippen MR) is 35.6 cm³/mol. The molecule has 0 fully saturated rings. The van der Waals surface area contributed by atoms with Crippen LogP contribution in [0.25, 0.3) is 0 Å². The van der Waals surface area contributed by atoms with E-state index < -0.39 is 23.5 Å². The SMILES string of the molecule is NC(=O)c1cc(C(F)(F)F)ncn1. The number of rotatable bonds is 1. The second-order valence-corrected chi connectivity index (χ2v) is 2.15. The average Bonchev–Trinajstić information content (AvgIpc) is 2.03. The number of halogens is 3. The quantitative estimate of drug-likeness (QED) is 0.706. The molecule has 1 aromatic heterocycles. The van der Waals surface area contributed by atoms with Crippen LogP contribution >= 0.6 is 0 Å². The van der Waals surface area contributed by atoms with Gasteiger partial charge in [0.25, 0.3) is 5.91 Å². The van der Waals surface area contributed by atoms with Crippen LogP contribution in [0.4, 0.5) is 13.2 Å². The molecule has 0 aliphatic rings. The van der Waals surface area contributed by atoms with Crippen molar-refractivity contribution < 1.29 is 18.0 Å². The van der Waals surface area contributed by atoms with Gasteiger partial charge in [-0.05, 0) is 0 Å². The molecule has 1 aromatic rings. The second kappa shape index (κ2) is 3.00. The summed E-state index contributed by atoms with van der Waals surface area (Å²) in [5.74, 6) is -1.02. The number of carbonyl (C=O) groups excluding carboxylic acids is 1. The molecule has 70 valence electrons. The highest BCUT2D eigenvalue weighted by Gasteiger charge is 2.33. The zero-order chi connectivity index (χ0) is 10.1. The van der Waals surface area contributed by atoms with Crippen molar-refractivity contribution in [2.75, 3.05) is 0 Å². The predicted octanol–water partition coefficient (Wildman–Crippen LogP) is 0.594. The molecule has 0 aliphatic carbocycles. The molecule has 0 aromatic carbocycles. The molecule has 1 rings (SSSR count). The third-order valence-corrected chi connectivity index (χ3v) is 1.21. The van der Waals surface area contributed by atoms with Crippen molar-refractivity contribution in [3.63, 3.8) is 0 Å². The molecular weight excluding hydrogens is 187 g/mol. The van der Waals surface area contributed by atoms with Crippen LogP contribution in [-0.4, -0.2) is 15.9 Å². The van der Waals surface area contributed by atoms with E-state index >= 15 is 0 Å². The summed E-state index contributed by atoms with van der Waals surface area (Å²) in [6.45, 7) is 0. The molecule has 0 saturated carbocycles. The standard InChI is InChI=1S/C6H4F3N3O/c7-6(8,9)4-1-3(5(10)13)11-2-12-4/h1-2H,(H2,10,13). The van der Waals surface area contributed by atoms with E-state index in [-0.39, 0.29) is 0 Å². The van der Waals surface area contributed by atoms with Crippen LogP contribution in [0.2, 0.25) is 0 Å². The van der Waals surface area contributed by atoms with E-state index in [9.17, 15) is 18.0 Å². The van der Waals surface area contributed by atoms with E-state index in [1.807, 2.05) is 0 Å². The zero-order valence-electron chi connectivity index (χ0n) is 6.17. The Morgan fingerprint density at radius 2 is 2.00 bits per heavy atom. The Kier molecular flexibility index (Phi) is 2.18. The fourth-order valence-corrected chi connectivity index (χ4v) is 0.647. The summed E-state index contributed by atoms with van der Waals surface area (Å²) < 4.78 is 36.0. The van der Waals surface area contributed by atoms with Crippen LogP contribution in [0, 0.1) is 0 Å². The number of carbonyl (C=O) groups is 1. The minimum absolute atomic E-state index is 0.456. The van der Waals surface area contributed by atoms with Crippen LogP contribution < -0.4 is 5.73 Å². The van der Waals surface area contributed by atoms with Gasteiger partial charge < -0.3 is 5.73 Å². The van der Waals surface area contributed by atoms with E-state index in [1.165, 1.54) is 0 Å². The fraction of sp³-hybridized carbons (Fsp3) is 0.167. The van der Waals surface area contributed by atoms with Gasteiger partial charge in [0.05, 0.1) is 0 Å². The number of aromatic nitrogens is 2. The molecule has 4 nitrogen and oxygen atoms in total. The first-order chi connectivity index (χ1) is 5.91. The van der Waals surface area contributed by atoms with Gasteiger partial charge in [-0.1, -0.05) is 0 Å². The first-order valence-corrected chi connectivity index (χ1v) is 3.10. The van der Waals surface area contributed by atoms with E-state index in [1.54, 1.807) is 0 Å². The first kappa shape index (κ1) is 9.43. The lowest BCUT2D eigenvalue weighted by Crippen LogP contribution is -2.16. The van der Waals surface area contributed by atoms with Crippen molar-refractivity contribution in [2.24, 2.45) is 5.73 Å². The lowest BCUT2D eigenvalue weighted by atomic mass is 10.3. The summed E-state index contributed by atoms with van der Waals surface area (Å²) in [6.07, 6.45) is -3.95. The summed E-state index contributed by atoms with van der Waals surface area (Å²) in [7, 11) is 0. The van der Waals surface area contributed by atoms with Crippen LogP contribution in [0.5, 0.6) is 0 Å². The van der Waals surface area contributed by atoms with Crippen molar-refractivity contribution in [3.05, 3.63) is 23.8 Å². The molecule has 1 heterocycles. The number of amides is 1. The Balaban J connectivity index is 3.13. The molecule has 0 atom stereocenters. The van der Waals surface area contributed by atoms with Crippen LogP contribution in [0.1, 0.15) is 16.2 Å². The van der Waals surface area contributed by atoms with Crippen molar-refractivity contribution in [3.8, 4) is 0 Å². The molecule has 0 radical (unpaired) electrons. The van der Waals surface area contributed by atoms with Crippen molar-refractivity contribution in [2.45, 2.75) is 6.18 Å². The van der Waals surface area contributed by atoms with Gasteiger partial charge in [0.1, 0.15) is 17.7 Å². The molecule has 2 N–H and O–H groups in total. The summed E-state index contributed by atoms with van der Waals surface area (Å²) in [4.78, 5) is 16.7. The number of nitrogens with zero attached hydrogens (tertiary/aromatic N) is 2. The summed E-state index contributed by atoms with van der Waals surface area (Å²) >= 11 is 0. The maximum absolute atomic E-state index is 12.0. The minimum atomic E-state index is -4.59. The normalized spacial score (nSPS) is 11.3. The zero-order valence-corrected chi connectivity index (χ0v) is 6.17. The molecule has 13 heavy (non-hydrogen) atoms. The van der Waals surface area contributed by atoms with Gasteiger partial charge in [0.15, 0.2) is 0 Å². The molecular formula is C6H4F3N3O. The second-order valence-electron chi connectivity index (χ2n) is 2.15. The van der Waals surface area contributed by atoms with Crippen LogP contribution in [0.3, 0.4) is 0 Å². The Labute approximate surface area is 70.6 Å². The maximum atomic E-state index is 12.0. The van der Waals surface area contributed by atoms with Gasteiger partial charge in [-0.15, -0.1) is 0 Å². The van der Waals surface area contributed by atoms with Gasteiger partial charge in [-0.3, -0.25) is 4.79 Å². The molecule has 0 spiro atoms. The fourth-order valence-electron chi connectivity index (χ4n) is 0.647. The average molecular weight is 191 g/mol. The first-order valence-electron chi connectivity index (χ1n) is 3.10. The monoisotopic (exact) mass is 191 g/mol. The van der Waals surface area contributed by atoms with Gasteiger partial charge in [-0.25, -0.2) is 9.97 Å². The van der Waals surface area contributed by atoms with Crippen LogP contribution in [-0.2, 0) is 6.18 Å². The van der Waals surface area contributed by atoms with Gasteiger partial charge >= 0.3 is 6.18 Å². The van der Waals surface area contributed by atoms with Crippen molar-refractivity contribution in [1.82, 2.24) is 9.97 Å². The third kappa shape index (κ3) is 2.14. The Morgan fingerprint density at radius 3 is 2.46 bits per heavy atom. The van der Waals surface area contributed by atoms with Gasteiger partial charge in [0.2, 0.25) is 0 Å². The minimum Gasteiger partial charge on any atom is -0.364 e.